The van der Waals surface area contributed by atoms with Gasteiger partial charge in [-0.05, 0) is 0 Å². The molecule has 42 valence electrons. The van der Waals surface area contributed by atoms with Gasteiger partial charge in [-0.2, -0.15) is 0 Å². The molecule has 0 radical (unpaired) electrons. The van der Waals surface area contributed by atoms with Crippen molar-refractivity contribution in [3.8, 4) is 0 Å². The van der Waals surface area contributed by atoms with Gasteiger partial charge in [0.15, 0.2) is 0 Å². The van der Waals surface area contributed by atoms with Crippen LogP contribution in [0.1, 0.15) is 0 Å². The Hall–Kier alpha value is 2.76. The zero-order valence-corrected chi connectivity index (χ0v) is 6.77. The van der Waals surface area contributed by atoms with Crippen molar-refractivity contribution in [2.24, 2.45) is 0 Å². The summed E-state index contributed by atoms with van der Waals surface area (Å²) < 4.78 is 8.88. The second kappa shape index (κ2) is 9.76. The Morgan fingerprint density at radius 1 is 1.12 bits per heavy atom. The van der Waals surface area contributed by atoms with E-state index in [-0.39, 0.29) is 80.3 Å². The van der Waals surface area contributed by atoms with Crippen molar-refractivity contribution in [1.82, 2.24) is 0 Å². The predicted octanol–water partition coefficient (Wildman–Crippen LogP) is -2.76. The largest absolute Gasteiger partial charge is 0.316 e. The van der Waals surface area contributed by atoms with E-state index in [9.17, 15) is 0 Å². The maximum atomic E-state index is 8.88. The molecule has 0 aliphatic rings. The molecule has 3 N–H and O–H groups in total. The van der Waals surface area contributed by atoms with E-state index in [4.69, 9.17) is 19.2 Å². The van der Waals surface area contributed by atoms with Gasteiger partial charge < -0.3 is 14.7 Å². The Morgan fingerprint density at radius 3 is 1.12 bits per heavy atom. The molecule has 0 fully saturated rings. The van der Waals surface area contributed by atoms with Crippen molar-refractivity contribution in [2.45, 2.75) is 0 Å². The molecule has 0 spiro atoms. The molecule has 0 aliphatic heterocycles. The SMILES string of the molecule is O=P(O)(O)O.[CaH2].[MgH2].[Zn]. The van der Waals surface area contributed by atoms with Crippen LogP contribution in [0.2, 0.25) is 0 Å². The van der Waals surface area contributed by atoms with E-state index in [1.165, 1.54) is 0 Å². The molecule has 0 aromatic heterocycles. The average Bonchev–Trinajstić information content (AvgIpc) is 0.722. The zero-order valence-electron chi connectivity index (χ0n) is 2.90. The van der Waals surface area contributed by atoms with Crippen molar-refractivity contribution in [3.63, 3.8) is 0 Å². The molecule has 0 saturated heterocycles. The van der Waals surface area contributed by atoms with Crippen LogP contribution in [0.25, 0.3) is 0 Å². The molecule has 0 rings (SSSR count). The van der Waals surface area contributed by atoms with Crippen molar-refractivity contribution >= 4 is 68.6 Å². The molecule has 8 heavy (non-hydrogen) atoms. The van der Waals surface area contributed by atoms with Gasteiger partial charge in [0.05, 0.1) is 0 Å². The van der Waals surface area contributed by atoms with Crippen LogP contribution in [0, 0.1) is 0 Å². The van der Waals surface area contributed by atoms with Crippen molar-refractivity contribution in [1.29, 1.82) is 0 Å². The van der Waals surface area contributed by atoms with E-state index in [2.05, 4.69) is 0 Å². The molecule has 0 aromatic rings. The van der Waals surface area contributed by atoms with Crippen LogP contribution < -0.4 is 0 Å². The Balaban J connectivity index is -0.0000000267. The first kappa shape index (κ1) is 22.4. The molecule has 0 unspecified atom stereocenters. The number of hydrogen-bond acceptors (Lipinski definition) is 1. The third-order valence-electron chi connectivity index (χ3n) is 0. The Labute approximate surface area is 106 Å². The first-order valence-electron chi connectivity index (χ1n) is 0.783. The van der Waals surface area contributed by atoms with Gasteiger partial charge in [-0.15, -0.1) is 0 Å². The molecule has 0 atom stereocenters. The molecular weight excluding hydrogens is 225 g/mol. The Bertz CT molecular complexity index is 62.2. The molecular formula is H7CaMgO4PZn. The average molecular weight is 232 g/mol. The van der Waals surface area contributed by atoms with Gasteiger partial charge in [-0.3, -0.25) is 0 Å². The Morgan fingerprint density at radius 2 is 1.12 bits per heavy atom. The van der Waals surface area contributed by atoms with E-state index in [1.54, 1.807) is 0 Å². The summed E-state index contributed by atoms with van der Waals surface area (Å²) in [5.41, 5.74) is 0. The van der Waals surface area contributed by atoms with E-state index in [1.807, 2.05) is 0 Å². The van der Waals surface area contributed by atoms with Crippen LogP contribution in [-0.2, 0) is 24.0 Å². The maximum Gasteiger partial charge on any atom is 0.316 e. The van der Waals surface area contributed by atoms with Crippen molar-refractivity contribution < 1.29 is 38.7 Å². The van der Waals surface area contributed by atoms with Crippen LogP contribution in [-0.4, -0.2) is 75.5 Å². The molecule has 0 heterocycles. The summed E-state index contributed by atoms with van der Waals surface area (Å²) >= 11 is 0. The standard InChI is InChI=1S/Ca.Mg.H3O4P.Zn.4H/c;;1-5(2,3)4;;;;;/h;;(H3,1,2,3,4);;;;;. The quantitative estimate of drug-likeness (QED) is 0.312. The normalized spacial score (nSPS) is 7.38. The van der Waals surface area contributed by atoms with Gasteiger partial charge in [0.2, 0.25) is 0 Å². The summed E-state index contributed by atoms with van der Waals surface area (Å²) in [5, 5.41) is 0. The minimum Gasteiger partial charge on any atom is 0 e. The monoisotopic (exact) mass is 230 g/mol. The molecule has 4 nitrogen and oxygen atoms in total. The minimum atomic E-state index is -4.64. The summed E-state index contributed by atoms with van der Waals surface area (Å²) in [6.07, 6.45) is 0. The predicted molar refractivity (Wildman–Crippen MR) is 31.4 cm³/mol. The summed E-state index contributed by atoms with van der Waals surface area (Å²) in [6.45, 7) is 0. The third-order valence-corrected chi connectivity index (χ3v) is 0. The summed E-state index contributed by atoms with van der Waals surface area (Å²) in [6, 6.07) is 0. The number of rotatable bonds is 0. The molecule has 0 bridgehead atoms. The van der Waals surface area contributed by atoms with E-state index in [0.29, 0.717) is 0 Å². The van der Waals surface area contributed by atoms with E-state index < -0.39 is 7.82 Å². The smallest absolute Gasteiger partial charge is 0 e. The van der Waals surface area contributed by atoms with Crippen molar-refractivity contribution in [2.75, 3.05) is 0 Å². The fourth-order valence-electron chi connectivity index (χ4n) is 0. The topological polar surface area (TPSA) is 77.8 Å². The van der Waals surface area contributed by atoms with Gasteiger partial charge >= 0.3 is 68.6 Å². The van der Waals surface area contributed by atoms with Gasteiger partial charge in [0.1, 0.15) is 0 Å². The molecule has 8 heteroatoms. The summed E-state index contributed by atoms with van der Waals surface area (Å²) in [5.74, 6) is 0. The van der Waals surface area contributed by atoms with Crippen LogP contribution in [0.5, 0.6) is 0 Å². The summed E-state index contributed by atoms with van der Waals surface area (Å²) in [4.78, 5) is 21.6. The van der Waals surface area contributed by atoms with E-state index in [0.717, 1.165) is 0 Å². The first-order valence-corrected chi connectivity index (χ1v) is 2.35. The molecule has 0 amide bonds. The number of hydrogen-bond donors (Lipinski definition) is 3. The first-order chi connectivity index (χ1) is 2.00. The second-order valence-electron chi connectivity index (χ2n) is 0.513. The van der Waals surface area contributed by atoms with Gasteiger partial charge in [0.25, 0.3) is 0 Å². The van der Waals surface area contributed by atoms with Crippen LogP contribution in [0.15, 0.2) is 0 Å². The molecule has 0 aliphatic carbocycles. The zero-order chi connectivity index (χ0) is 4.50. The fraction of sp³-hybridized carbons (Fsp3) is 0. The van der Waals surface area contributed by atoms with Crippen LogP contribution in [0.4, 0.5) is 0 Å². The summed E-state index contributed by atoms with van der Waals surface area (Å²) in [7, 11) is -4.64. The minimum absolute atomic E-state index is 0. The van der Waals surface area contributed by atoms with Crippen LogP contribution in [0.3, 0.4) is 0 Å². The second-order valence-corrected chi connectivity index (χ2v) is 1.54. The van der Waals surface area contributed by atoms with Crippen molar-refractivity contribution in [3.05, 3.63) is 0 Å². The van der Waals surface area contributed by atoms with Gasteiger partial charge in [-0.1, -0.05) is 0 Å². The molecule has 0 aromatic carbocycles. The van der Waals surface area contributed by atoms with Crippen LogP contribution >= 0.6 is 7.82 Å². The van der Waals surface area contributed by atoms with Gasteiger partial charge in [0, 0.05) is 19.5 Å². The third kappa shape index (κ3) is 69.3. The maximum absolute atomic E-state index is 8.88. The fourth-order valence-corrected chi connectivity index (χ4v) is 0. The number of phosphoric acid groups is 1. The molecule has 0 saturated carbocycles. The Kier molecular flexibility index (Phi) is 27.4. The van der Waals surface area contributed by atoms with Gasteiger partial charge in [-0.25, -0.2) is 4.57 Å². The van der Waals surface area contributed by atoms with E-state index >= 15 is 0 Å².